The van der Waals surface area contributed by atoms with E-state index in [-0.39, 0.29) is 0 Å². The van der Waals surface area contributed by atoms with Gasteiger partial charge in [-0.2, -0.15) is 0 Å². The highest BCUT2D eigenvalue weighted by atomic mass is 35.5. The minimum absolute atomic E-state index is 0.609. The summed E-state index contributed by atoms with van der Waals surface area (Å²) in [6, 6.07) is 8.53. The molecule has 3 rings (SSSR count). The fourth-order valence-electron chi connectivity index (χ4n) is 3.39. The van der Waals surface area contributed by atoms with Crippen LogP contribution in [0.1, 0.15) is 18.9 Å². The molecule has 0 spiro atoms. The first kappa shape index (κ1) is 17.5. The van der Waals surface area contributed by atoms with E-state index in [0.29, 0.717) is 12.6 Å². The maximum absolute atomic E-state index is 6.25. The summed E-state index contributed by atoms with van der Waals surface area (Å²) < 4.78 is 5.47. The number of guanidine groups is 1. The molecular weight excluding hydrogens is 324 g/mol. The fraction of sp³-hybridized carbons (Fsp3) is 0.611. The van der Waals surface area contributed by atoms with Gasteiger partial charge in [-0.25, -0.2) is 4.99 Å². The first-order chi connectivity index (χ1) is 11.8. The minimum Gasteiger partial charge on any atom is -0.379 e. The SMILES string of the molecule is CCNC(=NCc1ccccc1Cl)N1CCC(N2CCOCC2)C1. The van der Waals surface area contributed by atoms with Gasteiger partial charge in [-0.1, -0.05) is 29.8 Å². The summed E-state index contributed by atoms with van der Waals surface area (Å²) in [5.41, 5.74) is 1.07. The molecule has 1 aromatic rings. The topological polar surface area (TPSA) is 40.1 Å². The first-order valence-electron chi connectivity index (χ1n) is 8.86. The van der Waals surface area contributed by atoms with Crippen LogP contribution in [0, 0.1) is 0 Å². The number of ether oxygens (including phenoxy) is 1. The molecule has 2 fully saturated rings. The third-order valence-corrected chi connectivity index (χ3v) is 5.09. The Morgan fingerprint density at radius 1 is 1.29 bits per heavy atom. The molecule has 1 atom stereocenters. The van der Waals surface area contributed by atoms with Crippen molar-refractivity contribution in [2.24, 2.45) is 4.99 Å². The van der Waals surface area contributed by atoms with Crippen LogP contribution in [-0.4, -0.2) is 67.7 Å². The zero-order chi connectivity index (χ0) is 16.8. The Kier molecular flexibility index (Phi) is 6.35. The van der Waals surface area contributed by atoms with Crippen LogP contribution < -0.4 is 5.32 Å². The van der Waals surface area contributed by atoms with Gasteiger partial charge in [-0.15, -0.1) is 0 Å². The number of nitrogens with one attached hydrogen (secondary N) is 1. The molecule has 0 saturated carbocycles. The van der Waals surface area contributed by atoms with E-state index in [1.165, 1.54) is 6.42 Å². The van der Waals surface area contributed by atoms with Crippen molar-refractivity contribution in [3.05, 3.63) is 34.9 Å². The van der Waals surface area contributed by atoms with Gasteiger partial charge < -0.3 is 15.0 Å². The van der Waals surface area contributed by atoms with Gasteiger partial charge in [0.05, 0.1) is 19.8 Å². The van der Waals surface area contributed by atoms with Gasteiger partial charge in [0.2, 0.25) is 0 Å². The van der Waals surface area contributed by atoms with E-state index >= 15 is 0 Å². The molecule has 1 unspecified atom stereocenters. The lowest BCUT2D eigenvalue weighted by molar-refractivity contribution is 0.0195. The summed E-state index contributed by atoms with van der Waals surface area (Å²) in [4.78, 5) is 9.74. The van der Waals surface area contributed by atoms with Crippen LogP contribution >= 0.6 is 11.6 Å². The Balaban J connectivity index is 1.63. The molecular formula is C18H27ClN4O. The van der Waals surface area contributed by atoms with Gasteiger partial charge in [-0.05, 0) is 25.0 Å². The van der Waals surface area contributed by atoms with Crippen molar-refractivity contribution in [2.75, 3.05) is 45.9 Å². The zero-order valence-electron chi connectivity index (χ0n) is 14.4. The van der Waals surface area contributed by atoms with Crippen LogP contribution in [0.25, 0.3) is 0 Å². The Morgan fingerprint density at radius 3 is 2.83 bits per heavy atom. The van der Waals surface area contributed by atoms with Gasteiger partial charge >= 0.3 is 0 Å². The van der Waals surface area contributed by atoms with Crippen molar-refractivity contribution >= 4 is 17.6 Å². The molecule has 0 bridgehead atoms. The number of rotatable bonds is 4. The van der Waals surface area contributed by atoms with Crippen molar-refractivity contribution < 1.29 is 4.74 Å². The number of hydrogen-bond donors (Lipinski definition) is 1. The number of benzene rings is 1. The van der Waals surface area contributed by atoms with Gasteiger partial charge in [0.1, 0.15) is 0 Å². The van der Waals surface area contributed by atoms with Gasteiger partial charge in [0.25, 0.3) is 0 Å². The summed E-state index contributed by atoms with van der Waals surface area (Å²) >= 11 is 6.25. The monoisotopic (exact) mass is 350 g/mol. The molecule has 5 nitrogen and oxygen atoms in total. The summed E-state index contributed by atoms with van der Waals surface area (Å²) in [5.74, 6) is 0.994. The second-order valence-corrected chi connectivity index (χ2v) is 6.71. The quantitative estimate of drug-likeness (QED) is 0.667. The number of aliphatic imine (C=N–C) groups is 1. The van der Waals surface area contributed by atoms with Gasteiger partial charge in [0, 0.05) is 43.8 Å². The van der Waals surface area contributed by atoms with Crippen molar-refractivity contribution in [1.82, 2.24) is 15.1 Å². The molecule has 1 N–H and O–H groups in total. The number of halogens is 1. The molecule has 2 aliphatic heterocycles. The largest absolute Gasteiger partial charge is 0.379 e. The van der Waals surface area contributed by atoms with Gasteiger partial charge in [-0.3, -0.25) is 4.90 Å². The highest BCUT2D eigenvalue weighted by molar-refractivity contribution is 6.31. The Labute approximate surface area is 149 Å². The second kappa shape index (κ2) is 8.70. The molecule has 0 aliphatic carbocycles. The molecule has 0 radical (unpaired) electrons. The van der Waals surface area contributed by atoms with Crippen molar-refractivity contribution in [1.29, 1.82) is 0 Å². The van der Waals surface area contributed by atoms with E-state index in [1.807, 2.05) is 24.3 Å². The molecule has 24 heavy (non-hydrogen) atoms. The molecule has 1 aromatic carbocycles. The lowest BCUT2D eigenvalue weighted by Crippen LogP contribution is -2.46. The molecule has 0 aromatic heterocycles. The highest BCUT2D eigenvalue weighted by Gasteiger charge is 2.30. The van der Waals surface area contributed by atoms with E-state index in [2.05, 4.69) is 22.0 Å². The second-order valence-electron chi connectivity index (χ2n) is 6.30. The summed E-state index contributed by atoms with van der Waals surface area (Å²) in [5, 5.41) is 4.21. The molecule has 6 heteroatoms. The number of morpholine rings is 1. The maximum atomic E-state index is 6.25. The molecule has 2 saturated heterocycles. The third kappa shape index (κ3) is 4.41. The van der Waals surface area contributed by atoms with Crippen LogP contribution in [0.2, 0.25) is 5.02 Å². The Morgan fingerprint density at radius 2 is 2.08 bits per heavy atom. The Bertz CT molecular complexity index is 560. The average Bonchev–Trinajstić information content (AvgIpc) is 3.10. The summed E-state index contributed by atoms with van der Waals surface area (Å²) in [7, 11) is 0. The smallest absolute Gasteiger partial charge is 0.194 e. The number of hydrogen-bond acceptors (Lipinski definition) is 3. The lowest BCUT2D eigenvalue weighted by Gasteiger charge is -2.32. The maximum Gasteiger partial charge on any atom is 0.194 e. The average molecular weight is 351 g/mol. The van der Waals surface area contributed by atoms with Crippen molar-refractivity contribution in [2.45, 2.75) is 25.9 Å². The standard InChI is InChI=1S/C18H27ClN4O/c1-2-20-18(21-13-15-5-3-4-6-17(15)19)23-8-7-16(14-23)22-9-11-24-12-10-22/h3-6,16H,2,7-14H2,1H3,(H,20,21). The van der Waals surface area contributed by atoms with E-state index in [0.717, 1.165) is 62.5 Å². The van der Waals surface area contributed by atoms with E-state index in [1.54, 1.807) is 0 Å². The zero-order valence-corrected chi connectivity index (χ0v) is 15.1. The number of likely N-dealkylation sites (tertiary alicyclic amines) is 1. The fourth-order valence-corrected chi connectivity index (χ4v) is 3.58. The van der Waals surface area contributed by atoms with Crippen molar-refractivity contribution in [3.8, 4) is 0 Å². The van der Waals surface area contributed by atoms with Crippen LogP contribution in [0.3, 0.4) is 0 Å². The summed E-state index contributed by atoms with van der Waals surface area (Å²) in [6.45, 7) is 9.50. The van der Waals surface area contributed by atoms with Crippen LogP contribution in [0.15, 0.2) is 29.3 Å². The van der Waals surface area contributed by atoms with Crippen LogP contribution in [-0.2, 0) is 11.3 Å². The van der Waals surface area contributed by atoms with Gasteiger partial charge in [0.15, 0.2) is 5.96 Å². The highest BCUT2D eigenvalue weighted by Crippen LogP contribution is 2.19. The molecule has 132 valence electrons. The van der Waals surface area contributed by atoms with E-state index < -0.39 is 0 Å². The molecule has 2 heterocycles. The predicted octanol–water partition coefficient (Wildman–Crippen LogP) is 2.21. The Hall–Kier alpha value is -1.30. The summed E-state index contributed by atoms with van der Waals surface area (Å²) in [6.07, 6.45) is 1.19. The van der Waals surface area contributed by atoms with Crippen molar-refractivity contribution in [3.63, 3.8) is 0 Å². The number of nitrogens with zero attached hydrogens (tertiary/aromatic N) is 3. The normalized spacial score (nSPS) is 22.8. The first-order valence-corrected chi connectivity index (χ1v) is 9.24. The van der Waals surface area contributed by atoms with Crippen LogP contribution in [0.5, 0.6) is 0 Å². The van der Waals surface area contributed by atoms with E-state index in [4.69, 9.17) is 21.3 Å². The minimum atomic E-state index is 0.609. The molecule has 0 amide bonds. The third-order valence-electron chi connectivity index (χ3n) is 4.72. The van der Waals surface area contributed by atoms with Crippen LogP contribution in [0.4, 0.5) is 0 Å². The predicted molar refractivity (Wildman–Crippen MR) is 98.6 cm³/mol. The molecule has 2 aliphatic rings. The lowest BCUT2D eigenvalue weighted by atomic mass is 10.2. The van der Waals surface area contributed by atoms with E-state index in [9.17, 15) is 0 Å².